The summed E-state index contributed by atoms with van der Waals surface area (Å²) in [5.41, 5.74) is -0.662. The molecule has 0 aromatic carbocycles. The second kappa shape index (κ2) is 8.84. The zero-order valence-corrected chi connectivity index (χ0v) is 25.8. The van der Waals surface area contributed by atoms with E-state index in [0.29, 0.717) is 13.1 Å². The van der Waals surface area contributed by atoms with E-state index in [9.17, 15) is 19.6 Å². The predicted octanol–water partition coefficient (Wildman–Crippen LogP) is 2.95. The molecule has 0 spiro atoms. The number of nitrogens with zero attached hydrogens (tertiary/aromatic N) is 2. The molecule has 1 N–H and O–H groups in total. The number of allylic oxidation sites excluding steroid dienone is 4. The first-order chi connectivity index (χ1) is 18.1. The molecule has 1 unspecified atom stereocenters. The number of Topliss-reactive ketones (excluding diaryl/α,β-unsaturated/α-hetero) is 1. The van der Waals surface area contributed by atoms with E-state index in [0.717, 1.165) is 50.5 Å². The Morgan fingerprint density at radius 3 is 2.30 bits per heavy atom. The first-order valence-electron chi connectivity index (χ1n) is 14.9. The van der Waals surface area contributed by atoms with Crippen molar-refractivity contribution in [2.24, 2.45) is 38.9 Å². The Kier molecular flexibility index (Phi) is 6.56. The largest absolute Gasteiger partial charge is 1.00 e. The summed E-state index contributed by atoms with van der Waals surface area (Å²) in [5.74, 6) is 1.18. The molecule has 1 saturated heterocycles. The van der Waals surface area contributed by atoms with Gasteiger partial charge in [-0.1, -0.05) is 96.2 Å². The van der Waals surface area contributed by atoms with Crippen LogP contribution in [0.4, 0.5) is 4.79 Å². The van der Waals surface area contributed by atoms with E-state index < -0.39 is 10.8 Å². The summed E-state index contributed by atoms with van der Waals surface area (Å²) >= 11 is 0. The van der Waals surface area contributed by atoms with Gasteiger partial charge in [0.2, 0.25) is 0 Å². The molecular formula is C33H44LiN3O3. The number of amides is 2. The molecule has 210 valence electrons. The first kappa shape index (κ1) is 29.7. The standard InChI is InChI=1S/C33H44N3O3.Li/c1-28(2)10-12-33(36-15-14-35-27(36)39)13-11-32(7)25(21(33)18-28)22(37)16-24-30(5)17-20(19-34)26(38)29(3,4)23(30)8-9-31(24,32)6;/h16-17,23,25H,8-15,18H2,1-7H3,(H,35,39);/q-1;+1/t23?,25-,30-,31+,32+,33-;/m0./s1. The molecule has 0 aromatic rings. The van der Waals surface area contributed by atoms with Gasteiger partial charge in [-0.2, -0.15) is 11.7 Å². The third-order valence-corrected chi connectivity index (χ3v) is 12.8. The summed E-state index contributed by atoms with van der Waals surface area (Å²) in [6.07, 6.45) is 10.2. The van der Waals surface area contributed by atoms with Crippen LogP contribution in [0.15, 0.2) is 23.3 Å². The molecule has 7 heteroatoms. The van der Waals surface area contributed by atoms with E-state index in [4.69, 9.17) is 0 Å². The van der Waals surface area contributed by atoms with Gasteiger partial charge in [0.1, 0.15) is 11.9 Å². The Morgan fingerprint density at radius 2 is 1.68 bits per heavy atom. The first-order valence-corrected chi connectivity index (χ1v) is 14.9. The molecule has 0 radical (unpaired) electrons. The van der Waals surface area contributed by atoms with E-state index in [1.807, 2.05) is 26.0 Å². The quantitative estimate of drug-likeness (QED) is 0.412. The Morgan fingerprint density at radius 1 is 1.00 bits per heavy atom. The molecule has 6 atom stereocenters. The maximum atomic E-state index is 14.6. The van der Waals surface area contributed by atoms with Crippen LogP contribution < -0.4 is 24.2 Å². The number of carbonyl (C=O) groups excluding carboxylic acids is 3. The Labute approximate surface area is 251 Å². The SMILES string of the molecule is CC1(C)CC[C@]2(N3CCNC3=O)CC[C@]3(C)[C@H](C(=O)C=C4[C@@]5(C)C=C(C#N)C(=O)C(C)(C)C5CC[C@]43C)[C-]2C1.[Li+]. The third kappa shape index (κ3) is 3.49. The Bertz CT molecular complexity index is 1290. The number of ketones is 2. The summed E-state index contributed by atoms with van der Waals surface area (Å²) in [6, 6.07) is 2.20. The molecule has 6 aliphatic rings. The fourth-order valence-electron chi connectivity index (χ4n) is 10.6. The van der Waals surface area contributed by atoms with E-state index in [1.165, 1.54) is 5.92 Å². The van der Waals surface area contributed by atoms with Crippen LogP contribution in [0.25, 0.3) is 0 Å². The van der Waals surface area contributed by atoms with Crippen molar-refractivity contribution in [3.63, 3.8) is 0 Å². The van der Waals surface area contributed by atoms with Gasteiger partial charge in [-0.05, 0) is 42.1 Å². The number of urea groups is 1. The third-order valence-electron chi connectivity index (χ3n) is 12.8. The van der Waals surface area contributed by atoms with Crippen LogP contribution in [0.2, 0.25) is 0 Å². The molecule has 6 rings (SSSR count). The summed E-state index contributed by atoms with van der Waals surface area (Å²) in [4.78, 5) is 43.0. The van der Waals surface area contributed by atoms with Crippen LogP contribution >= 0.6 is 0 Å². The van der Waals surface area contributed by atoms with Crippen LogP contribution in [0.3, 0.4) is 0 Å². The molecule has 1 heterocycles. The number of nitriles is 1. The van der Waals surface area contributed by atoms with Crippen molar-refractivity contribution in [2.75, 3.05) is 13.1 Å². The molecular weight excluding hydrogens is 493 g/mol. The summed E-state index contributed by atoms with van der Waals surface area (Å²) < 4.78 is 0. The zero-order chi connectivity index (χ0) is 28.4. The molecule has 6 nitrogen and oxygen atoms in total. The maximum absolute atomic E-state index is 14.6. The van der Waals surface area contributed by atoms with E-state index in [-0.39, 0.29) is 75.7 Å². The number of fused-ring (bicyclic) bond motifs is 7. The van der Waals surface area contributed by atoms with Gasteiger partial charge in [0.25, 0.3) is 0 Å². The van der Waals surface area contributed by atoms with Gasteiger partial charge in [-0.25, -0.2) is 4.79 Å². The number of rotatable bonds is 1. The second-order valence-corrected chi connectivity index (χ2v) is 15.5. The number of hydrogen-bond donors (Lipinski definition) is 1. The van der Waals surface area contributed by atoms with Gasteiger partial charge in [-0.15, -0.1) is 0 Å². The molecule has 2 amide bonds. The van der Waals surface area contributed by atoms with E-state index >= 15 is 0 Å². The topological polar surface area (TPSA) is 90.3 Å². The van der Waals surface area contributed by atoms with Crippen LogP contribution in [0.1, 0.15) is 93.4 Å². The Hall–Kier alpha value is -1.82. The van der Waals surface area contributed by atoms with Crippen molar-refractivity contribution in [3.8, 4) is 6.07 Å². The van der Waals surface area contributed by atoms with Gasteiger partial charge < -0.3 is 10.2 Å². The molecule has 40 heavy (non-hydrogen) atoms. The van der Waals surface area contributed by atoms with Crippen molar-refractivity contribution in [2.45, 2.75) is 99.0 Å². The van der Waals surface area contributed by atoms with E-state index in [2.05, 4.69) is 50.9 Å². The van der Waals surface area contributed by atoms with Gasteiger partial charge in [0, 0.05) is 23.9 Å². The van der Waals surface area contributed by atoms with Crippen LogP contribution in [0, 0.1) is 56.2 Å². The van der Waals surface area contributed by atoms with Gasteiger partial charge in [0.05, 0.1) is 5.57 Å². The van der Waals surface area contributed by atoms with Gasteiger partial charge in [0.15, 0.2) is 5.78 Å². The van der Waals surface area contributed by atoms with Crippen molar-refractivity contribution in [1.29, 1.82) is 5.26 Å². The Balaban J connectivity index is 0.00000323. The summed E-state index contributed by atoms with van der Waals surface area (Å²) in [6.45, 7) is 16.8. The number of hydrogen-bond acceptors (Lipinski definition) is 4. The summed E-state index contributed by atoms with van der Waals surface area (Å²) in [5, 5.41) is 12.9. The molecule has 0 aromatic heterocycles. The number of carbonyl (C=O) groups is 3. The average Bonchev–Trinajstić information content (AvgIpc) is 3.29. The molecule has 3 saturated carbocycles. The van der Waals surface area contributed by atoms with Crippen LogP contribution in [-0.4, -0.2) is 41.1 Å². The number of nitrogens with one attached hydrogen (secondary N) is 1. The minimum Gasteiger partial charge on any atom is -0.347 e. The fourth-order valence-corrected chi connectivity index (χ4v) is 10.6. The fraction of sp³-hybridized carbons (Fsp3) is 0.727. The van der Waals surface area contributed by atoms with Crippen molar-refractivity contribution < 1.29 is 33.2 Å². The predicted molar refractivity (Wildman–Crippen MR) is 149 cm³/mol. The smallest absolute Gasteiger partial charge is 0.347 e. The molecule has 5 aliphatic carbocycles. The molecule has 4 fully saturated rings. The minimum atomic E-state index is -0.662. The van der Waals surface area contributed by atoms with Crippen molar-refractivity contribution in [3.05, 3.63) is 29.2 Å². The molecule has 1 aliphatic heterocycles. The van der Waals surface area contributed by atoms with Crippen LogP contribution in [0.5, 0.6) is 0 Å². The van der Waals surface area contributed by atoms with Gasteiger partial charge in [-0.3, -0.25) is 15.5 Å². The summed E-state index contributed by atoms with van der Waals surface area (Å²) in [7, 11) is 0. The average molecular weight is 538 g/mol. The normalized spacial score (nSPS) is 43.5. The van der Waals surface area contributed by atoms with Crippen molar-refractivity contribution in [1.82, 2.24) is 10.2 Å². The van der Waals surface area contributed by atoms with Gasteiger partial charge >= 0.3 is 24.9 Å². The van der Waals surface area contributed by atoms with E-state index in [1.54, 1.807) is 0 Å². The van der Waals surface area contributed by atoms with Crippen LogP contribution in [-0.2, 0) is 9.59 Å². The second-order valence-electron chi connectivity index (χ2n) is 15.5. The monoisotopic (exact) mass is 537 g/mol. The van der Waals surface area contributed by atoms with Crippen molar-refractivity contribution >= 4 is 17.6 Å². The minimum absolute atomic E-state index is 0. The zero-order valence-electron chi connectivity index (χ0n) is 25.8. The maximum Gasteiger partial charge on any atom is 1.00 e. The molecule has 0 bridgehead atoms.